The van der Waals surface area contributed by atoms with Crippen LogP contribution in [0.15, 0.2) is 18.2 Å². The summed E-state index contributed by atoms with van der Waals surface area (Å²) in [6.45, 7) is 9.24. The molecule has 0 fully saturated rings. The number of nitro benzene ring substituents is 1. The Hall–Kier alpha value is -1.95. The highest BCUT2D eigenvalue weighted by Crippen LogP contribution is 2.31. The summed E-state index contributed by atoms with van der Waals surface area (Å²) in [4.78, 5) is 27.2. The third kappa shape index (κ3) is 3.88. The van der Waals surface area contributed by atoms with Crippen LogP contribution in [0.25, 0.3) is 0 Å². The van der Waals surface area contributed by atoms with Crippen LogP contribution in [-0.4, -0.2) is 40.9 Å². The molecule has 126 valence electrons. The van der Waals surface area contributed by atoms with Gasteiger partial charge in [-0.05, 0) is 46.1 Å². The van der Waals surface area contributed by atoms with Crippen molar-refractivity contribution in [1.82, 2.24) is 4.90 Å². The first-order valence-electron chi connectivity index (χ1n) is 8.14. The van der Waals surface area contributed by atoms with Crippen molar-refractivity contribution in [2.24, 2.45) is 0 Å². The summed E-state index contributed by atoms with van der Waals surface area (Å²) in [6.07, 6.45) is 1.75. The second-order valence-electron chi connectivity index (χ2n) is 6.58. The molecule has 1 aromatic carbocycles. The lowest BCUT2D eigenvalue weighted by molar-refractivity contribution is -0.384. The molecule has 0 unspecified atom stereocenters. The van der Waals surface area contributed by atoms with E-state index in [4.69, 9.17) is 0 Å². The molecule has 0 bridgehead atoms. The summed E-state index contributed by atoms with van der Waals surface area (Å²) in [7, 11) is 0. The maximum absolute atomic E-state index is 12.8. The molecule has 1 aliphatic heterocycles. The van der Waals surface area contributed by atoms with Gasteiger partial charge in [-0.25, -0.2) is 0 Å². The zero-order valence-electron chi connectivity index (χ0n) is 14.3. The van der Waals surface area contributed by atoms with Crippen LogP contribution in [0.2, 0.25) is 0 Å². The van der Waals surface area contributed by atoms with E-state index in [0.717, 1.165) is 18.4 Å². The minimum absolute atomic E-state index is 0.00819. The molecule has 0 radical (unpaired) electrons. The molecule has 23 heavy (non-hydrogen) atoms. The lowest BCUT2D eigenvalue weighted by Gasteiger charge is -2.34. The van der Waals surface area contributed by atoms with Crippen LogP contribution in [0, 0.1) is 10.1 Å². The van der Waals surface area contributed by atoms with Gasteiger partial charge in [0, 0.05) is 30.8 Å². The van der Waals surface area contributed by atoms with Gasteiger partial charge < -0.3 is 4.90 Å². The molecular formula is C17H25N3O3. The van der Waals surface area contributed by atoms with Gasteiger partial charge in [0.15, 0.2) is 0 Å². The summed E-state index contributed by atoms with van der Waals surface area (Å²) >= 11 is 0. The molecule has 2 rings (SSSR count). The number of carbonyl (C=O) groups excluding carboxylic acids is 1. The Labute approximate surface area is 137 Å². The Morgan fingerprint density at radius 2 is 1.96 bits per heavy atom. The van der Waals surface area contributed by atoms with Crippen molar-refractivity contribution in [3.8, 4) is 0 Å². The summed E-state index contributed by atoms with van der Waals surface area (Å²) in [6, 6.07) is 5.36. The molecular weight excluding hydrogens is 294 g/mol. The molecule has 1 aliphatic rings. The van der Waals surface area contributed by atoms with Gasteiger partial charge in [0.25, 0.3) is 5.69 Å². The van der Waals surface area contributed by atoms with Crippen molar-refractivity contribution in [2.45, 2.75) is 52.6 Å². The number of hydrogen-bond acceptors (Lipinski definition) is 4. The molecule has 0 saturated carbocycles. The quantitative estimate of drug-likeness (QED) is 0.618. The Balaban J connectivity index is 2.26. The van der Waals surface area contributed by atoms with Crippen molar-refractivity contribution < 1.29 is 9.72 Å². The van der Waals surface area contributed by atoms with Crippen LogP contribution in [-0.2, 0) is 11.2 Å². The van der Waals surface area contributed by atoms with Crippen LogP contribution in [0.4, 0.5) is 11.4 Å². The van der Waals surface area contributed by atoms with E-state index < -0.39 is 4.92 Å². The zero-order valence-corrected chi connectivity index (χ0v) is 14.3. The van der Waals surface area contributed by atoms with Gasteiger partial charge in [-0.3, -0.25) is 19.8 Å². The fourth-order valence-corrected chi connectivity index (χ4v) is 3.14. The number of non-ortho nitro benzene ring substituents is 1. The predicted octanol–water partition coefficient (Wildman–Crippen LogP) is 2.99. The van der Waals surface area contributed by atoms with Crippen LogP contribution in [0.5, 0.6) is 0 Å². The van der Waals surface area contributed by atoms with Crippen LogP contribution in [0.1, 0.15) is 39.7 Å². The van der Waals surface area contributed by atoms with Gasteiger partial charge in [0.2, 0.25) is 5.91 Å². The molecule has 1 amide bonds. The van der Waals surface area contributed by atoms with Crippen LogP contribution in [0.3, 0.4) is 0 Å². The maximum atomic E-state index is 12.8. The van der Waals surface area contributed by atoms with E-state index in [9.17, 15) is 14.9 Å². The SMILES string of the molecule is CC(C)N(CC(=O)N1CCCc2ccc([N+](=O)[O-])cc21)C(C)C. The van der Waals surface area contributed by atoms with Crippen molar-refractivity contribution in [3.05, 3.63) is 33.9 Å². The Morgan fingerprint density at radius 3 is 2.52 bits per heavy atom. The van der Waals surface area contributed by atoms with E-state index in [1.165, 1.54) is 12.1 Å². The lowest BCUT2D eigenvalue weighted by Crippen LogP contribution is -2.47. The number of fused-ring (bicyclic) bond motifs is 1. The molecule has 6 nitrogen and oxygen atoms in total. The van der Waals surface area contributed by atoms with E-state index in [-0.39, 0.29) is 23.7 Å². The second kappa shape index (κ2) is 7.08. The number of aryl methyl sites for hydroxylation is 1. The molecule has 0 atom stereocenters. The van der Waals surface area contributed by atoms with E-state index >= 15 is 0 Å². The third-order valence-corrected chi connectivity index (χ3v) is 4.34. The first-order valence-corrected chi connectivity index (χ1v) is 8.14. The molecule has 1 heterocycles. The van der Waals surface area contributed by atoms with E-state index in [0.29, 0.717) is 18.8 Å². The summed E-state index contributed by atoms with van der Waals surface area (Å²) < 4.78 is 0. The third-order valence-electron chi connectivity index (χ3n) is 4.34. The Kier molecular flexibility index (Phi) is 5.36. The Morgan fingerprint density at radius 1 is 1.30 bits per heavy atom. The monoisotopic (exact) mass is 319 g/mol. The van der Waals surface area contributed by atoms with Gasteiger partial charge in [-0.2, -0.15) is 0 Å². The molecule has 0 aliphatic carbocycles. The normalized spacial score (nSPS) is 14.5. The van der Waals surface area contributed by atoms with Gasteiger partial charge >= 0.3 is 0 Å². The number of benzene rings is 1. The average molecular weight is 319 g/mol. The van der Waals surface area contributed by atoms with Crippen LogP contribution >= 0.6 is 0 Å². The Bertz CT molecular complexity index is 591. The number of anilines is 1. The summed E-state index contributed by atoms with van der Waals surface area (Å²) in [5.41, 5.74) is 1.74. The van der Waals surface area contributed by atoms with Crippen molar-refractivity contribution >= 4 is 17.3 Å². The molecule has 0 saturated heterocycles. The lowest BCUT2D eigenvalue weighted by atomic mass is 10.0. The van der Waals surface area contributed by atoms with Crippen LogP contribution < -0.4 is 4.90 Å². The fraction of sp³-hybridized carbons (Fsp3) is 0.588. The number of amides is 1. The molecule has 1 aromatic rings. The average Bonchev–Trinajstić information content (AvgIpc) is 2.50. The smallest absolute Gasteiger partial charge is 0.271 e. The zero-order chi connectivity index (χ0) is 17.1. The fourth-order valence-electron chi connectivity index (χ4n) is 3.14. The number of carbonyl (C=O) groups is 1. The predicted molar refractivity (Wildman–Crippen MR) is 90.7 cm³/mol. The van der Waals surface area contributed by atoms with Crippen molar-refractivity contribution in [3.63, 3.8) is 0 Å². The van der Waals surface area contributed by atoms with E-state index in [2.05, 4.69) is 32.6 Å². The molecule has 0 N–H and O–H groups in total. The minimum atomic E-state index is -0.411. The van der Waals surface area contributed by atoms with Gasteiger partial charge in [-0.1, -0.05) is 6.07 Å². The summed E-state index contributed by atoms with van der Waals surface area (Å²) in [5.74, 6) is 0.00819. The topological polar surface area (TPSA) is 66.7 Å². The van der Waals surface area contributed by atoms with E-state index in [1.807, 2.05) is 0 Å². The summed E-state index contributed by atoms with van der Waals surface area (Å²) in [5, 5.41) is 11.0. The number of nitro groups is 1. The van der Waals surface area contributed by atoms with E-state index in [1.54, 1.807) is 11.0 Å². The minimum Gasteiger partial charge on any atom is -0.311 e. The molecule has 6 heteroatoms. The molecule has 0 aromatic heterocycles. The second-order valence-corrected chi connectivity index (χ2v) is 6.58. The standard InChI is InChI=1S/C17H25N3O3/c1-12(2)19(13(3)4)11-17(21)18-9-5-6-14-7-8-15(20(22)23)10-16(14)18/h7-8,10,12-13H,5-6,9,11H2,1-4H3. The first-order chi connectivity index (χ1) is 10.8. The van der Waals surface area contributed by atoms with Crippen molar-refractivity contribution in [1.29, 1.82) is 0 Å². The largest absolute Gasteiger partial charge is 0.311 e. The maximum Gasteiger partial charge on any atom is 0.271 e. The highest BCUT2D eigenvalue weighted by molar-refractivity contribution is 5.96. The highest BCUT2D eigenvalue weighted by Gasteiger charge is 2.27. The highest BCUT2D eigenvalue weighted by atomic mass is 16.6. The van der Waals surface area contributed by atoms with Gasteiger partial charge in [0.05, 0.1) is 17.2 Å². The van der Waals surface area contributed by atoms with Crippen molar-refractivity contribution in [2.75, 3.05) is 18.0 Å². The number of rotatable bonds is 5. The molecule has 0 spiro atoms. The van der Waals surface area contributed by atoms with Gasteiger partial charge in [0.1, 0.15) is 0 Å². The van der Waals surface area contributed by atoms with Gasteiger partial charge in [-0.15, -0.1) is 0 Å². The first kappa shape index (κ1) is 17.4. The number of hydrogen-bond donors (Lipinski definition) is 0. The number of nitrogens with zero attached hydrogens (tertiary/aromatic N) is 3.